The number of nitrogens with two attached hydrogens (primary N) is 1. The lowest BCUT2D eigenvalue weighted by molar-refractivity contribution is 0.348. The molecule has 0 aliphatic heterocycles. The van der Waals surface area contributed by atoms with Crippen molar-refractivity contribution in [2.75, 3.05) is 0 Å². The summed E-state index contributed by atoms with van der Waals surface area (Å²) in [6.45, 7) is 2.29. The molecule has 0 spiro atoms. The van der Waals surface area contributed by atoms with E-state index in [-0.39, 0.29) is 4.90 Å². The molecule has 0 aromatic heterocycles. The van der Waals surface area contributed by atoms with Gasteiger partial charge in [-0.2, -0.15) is 0 Å². The van der Waals surface area contributed by atoms with Crippen LogP contribution < -0.4 is 5.14 Å². The van der Waals surface area contributed by atoms with Crippen LogP contribution in [0.3, 0.4) is 0 Å². The third-order valence-corrected chi connectivity index (χ3v) is 4.63. The molecule has 0 saturated heterocycles. The summed E-state index contributed by atoms with van der Waals surface area (Å²) in [4.78, 5) is 0.199. The standard InChI is InChI=1S/C13H19NO2S/c1-10-2-4-11(5-3-10)12-6-8-13(9-7-12)17(14,15)16/h6-11H,2-5H2,1H3,(H2,14,15,16). The van der Waals surface area contributed by atoms with Crippen LogP contribution in [0.4, 0.5) is 0 Å². The normalized spacial score (nSPS) is 25.8. The molecule has 1 aliphatic rings. The van der Waals surface area contributed by atoms with Gasteiger partial charge in [-0.15, -0.1) is 0 Å². The summed E-state index contributed by atoms with van der Waals surface area (Å²) >= 11 is 0. The first-order valence-corrected chi connectivity index (χ1v) is 7.64. The van der Waals surface area contributed by atoms with E-state index in [2.05, 4.69) is 6.92 Å². The van der Waals surface area contributed by atoms with E-state index >= 15 is 0 Å². The Balaban J connectivity index is 2.13. The lowest BCUT2D eigenvalue weighted by Crippen LogP contribution is -2.13. The first-order valence-electron chi connectivity index (χ1n) is 6.09. The highest BCUT2D eigenvalue weighted by Gasteiger charge is 2.19. The van der Waals surface area contributed by atoms with Gasteiger partial charge >= 0.3 is 0 Å². The van der Waals surface area contributed by atoms with Crippen molar-refractivity contribution in [3.05, 3.63) is 29.8 Å². The van der Waals surface area contributed by atoms with Crippen molar-refractivity contribution in [1.82, 2.24) is 0 Å². The molecule has 2 N–H and O–H groups in total. The van der Waals surface area contributed by atoms with Gasteiger partial charge in [0.05, 0.1) is 4.90 Å². The van der Waals surface area contributed by atoms with Gasteiger partial charge in [0, 0.05) is 0 Å². The molecule has 0 amide bonds. The molecule has 0 bridgehead atoms. The third kappa shape index (κ3) is 3.07. The van der Waals surface area contributed by atoms with Gasteiger partial charge < -0.3 is 0 Å². The average molecular weight is 253 g/mol. The van der Waals surface area contributed by atoms with Crippen molar-refractivity contribution < 1.29 is 8.42 Å². The maximum Gasteiger partial charge on any atom is 0.238 e. The number of rotatable bonds is 2. The zero-order valence-electron chi connectivity index (χ0n) is 10.1. The minimum Gasteiger partial charge on any atom is -0.225 e. The summed E-state index contributed by atoms with van der Waals surface area (Å²) in [5, 5.41) is 5.08. The molecule has 17 heavy (non-hydrogen) atoms. The lowest BCUT2D eigenvalue weighted by Gasteiger charge is -2.26. The maximum atomic E-state index is 11.1. The highest BCUT2D eigenvalue weighted by molar-refractivity contribution is 7.89. The van der Waals surface area contributed by atoms with Crippen LogP contribution in [-0.2, 0) is 10.0 Å². The molecular formula is C13H19NO2S. The molecule has 0 radical (unpaired) electrons. The number of hydrogen-bond acceptors (Lipinski definition) is 2. The molecule has 1 aromatic carbocycles. The Kier molecular flexibility index (Phi) is 3.54. The van der Waals surface area contributed by atoms with E-state index < -0.39 is 10.0 Å². The quantitative estimate of drug-likeness (QED) is 0.880. The highest BCUT2D eigenvalue weighted by Crippen LogP contribution is 2.35. The van der Waals surface area contributed by atoms with Gasteiger partial charge in [-0.3, -0.25) is 0 Å². The van der Waals surface area contributed by atoms with Crippen LogP contribution in [0.15, 0.2) is 29.2 Å². The van der Waals surface area contributed by atoms with E-state index in [0.717, 1.165) is 5.92 Å². The minimum absolute atomic E-state index is 0.199. The highest BCUT2D eigenvalue weighted by atomic mass is 32.2. The summed E-state index contributed by atoms with van der Waals surface area (Å²) < 4.78 is 22.3. The molecular weight excluding hydrogens is 234 g/mol. The van der Waals surface area contributed by atoms with Crippen LogP contribution in [0.5, 0.6) is 0 Å². The van der Waals surface area contributed by atoms with E-state index in [4.69, 9.17) is 5.14 Å². The number of hydrogen-bond donors (Lipinski definition) is 1. The Morgan fingerprint density at radius 3 is 2.06 bits per heavy atom. The van der Waals surface area contributed by atoms with Crippen molar-refractivity contribution >= 4 is 10.0 Å². The number of primary sulfonamides is 1. The summed E-state index contributed by atoms with van der Waals surface area (Å²) in [6, 6.07) is 7.03. The molecule has 2 rings (SSSR count). The third-order valence-electron chi connectivity index (χ3n) is 3.70. The van der Waals surface area contributed by atoms with Crippen molar-refractivity contribution in [2.24, 2.45) is 11.1 Å². The Hall–Kier alpha value is -0.870. The van der Waals surface area contributed by atoms with Gasteiger partial charge in [0.1, 0.15) is 0 Å². The van der Waals surface area contributed by atoms with Crippen LogP contribution in [0.25, 0.3) is 0 Å². The summed E-state index contributed by atoms with van der Waals surface area (Å²) in [5.74, 6) is 1.41. The van der Waals surface area contributed by atoms with Gasteiger partial charge in [0.25, 0.3) is 0 Å². The predicted molar refractivity (Wildman–Crippen MR) is 68.2 cm³/mol. The van der Waals surface area contributed by atoms with E-state index in [1.54, 1.807) is 12.1 Å². The molecule has 94 valence electrons. The first kappa shape index (κ1) is 12.6. The Bertz CT molecular complexity index is 471. The van der Waals surface area contributed by atoms with Crippen LogP contribution >= 0.6 is 0 Å². The van der Waals surface area contributed by atoms with E-state index in [9.17, 15) is 8.42 Å². The van der Waals surface area contributed by atoms with Gasteiger partial charge in [-0.25, -0.2) is 13.6 Å². The molecule has 1 saturated carbocycles. The zero-order valence-corrected chi connectivity index (χ0v) is 10.9. The summed E-state index contributed by atoms with van der Waals surface area (Å²) in [7, 11) is -3.56. The number of benzene rings is 1. The second-order valence-electron chi connectivity index (χ2n) is 5.07. The van der Waals surface area contributed by atoms with Crippen molar-refractivity contribution in [2.45, 2.75) is 43.4 Å². The summed E-state index contributed by atoms with van der Waals surface area (Å²) in [5.41, 5.74) is 1.24. The monoisotopic (exact) mass is 253 g/mol. The zero-order chi connectivity index (χ0) is 12.5. The fourth-order valence-electron chi connectivity index (χ4n) is 2.52. The minimum atomic E-state index is -3.56. The van der Waals surface area contributed by atoms with Crippen LogP contribution in [0, 0.1) is 5.92 Å². The van der Waals surface area contributed by atoms with E-state index in [0.29, 0.717) is 5.92 Å². The van der Waals surface area contributed by atoms with E-state index in [1.165, 1.54) is 31.2 Å². The van der Waals surface area contributed by atoms with Crippen LogP contribution in [0.2, 0.25) is 0 Å². The predicted octanol–water partition coefficient (Wildman–Crippen LogP) is 2.63. The Morgan fingerprint density at radius 2 is 1.59 bits per heavy atom. The van der Waals surface area contributed by atoms with Crippen molar-refractivity contribution in [3.8, 4) is 0 Å². The second kappa shape index (κ2) is 4.78. The van der Waals surface area contributed by atoms with Gasteiger partial charge in [-0.05, 0) is 42.4 Å². The maximum absolute atomic E-state index is 11.1. The molecule has 3 nitrogen and oxygen atoms in total. The van der Waals surface area contributed by atoms with Crippen molar-refractivity contribution in [1.29, 1.82) is 0 Å². The van der Waals surface area contributed by atoms with Gasteiger partial charge in [-0.1, -0.05) is 31.9 Å². The Labute approximate surface area is 103 Å². The largest absolute Gasteiger partial charge is 0.238 e. The molecule has 1 aliphatic carbocycles. The average Bonchev–Trinajstić information content (AvgIpc) is 2.29. The number of sulfonamides is 1. The smallest absolute Gasteiger partial charge is 0.225 e. The molecule has 0 unspecified atom stereocenters. The Morgan fingerprint density at radius 1 is 1.06 bits per heavy atom. The van der Waals surface area contributed by atoms with E-state index in [1.807, 2.05) is 12.1 Å². The van der Waals surface area contributed by atoms with Gasteiger partial charge in [0.15, 0.2) is 0 Å². The molecule has 4 heteroatoms. The molecule has 0 heterocycles. The topological polar surface area (TPSA) is 60.2 Å². The van der Waals surface area contributed by atoms with Crippen LogP contribution in [0.1, 0.15) is 44.1 Å². The fraction of sp³-hybridized carbons (Fsp3) is 0.538. The second-order valence-corrected chi connectivity index (χ2v) is 6.63. The SMILES string of the molecule is CC1CCC(c2ccc(S(N)(=O)=O)cc2)CC1. The van der Waals surface area contributed by atoms with Crippen LogP contribution in [-0.4, -0.2) is 8.42 Å². The summed E-state index contributed by atoms with van der Waals surface area (Å²) in [6.07, 6.45) is 4.94. The molecule has 1 fully saturated rings. The fourth-order valence-corrected chi connectivity index (χ4v) is 3.04. The lowest BCUT2D eigenvalue weighted by atomic mass is 9.79. The van der Waals surface area contributed by atoms with Crippen molar-refractivity contribution in [3.63, 3.8) is 0 Å². The molecule has 0 atom stereocenters. The molecule has 1 aromatic rings. The van der Waals surface area contributed by atoms with Gasteiger partial charge in [0.2, 0.25) is 10.0 Å². The first-order chi connectivity index (χ1) is 7.97.